The Kier molecular flexibility index (Phi) is 5.97. The number of benzene rings is 1. The predicted molar refractivity (Wildman–Crippen MR) is 115 cm³/mol. The Morgan fingerprint density at radius 1 is 1.13 bits per heavy atom. The van der Waals surface area contributed by atoms with Gasteiger partial charge in [0.2, 0.25) is 0 Å². The van der Waals surface area contributed by atoms with Crippen molar-refractivity contribution in [3.8, 4) is 0 Å². The number of nitrogens with zero attached hydrogens (tertiary/aromatic N) is 3. The van der Waals surface area contributed by atoms with Crippen LogP contribution < -0.4 is 0 Å². The molecule has 3 heterocycles. The van der Waals surface area contributed by atoms with Crippen LogP contribution in [0.2, 0.25) is 0 Å². The molecule has 4 rings (SSSR count). The number of pyridine rings is 1. The van der Waals surface area contributed by atoms with Gasteiger partial charge in [-0.2, -0.15) is 5.10 Å². The first-order valence-electron chi connectivity index (χ1n) is 10.5. The van der Waals surface area contributed by atoms with Crippen LogP contribution in [-0.4, -0.2) is 39.8 Å². The molecule has 30 heavy (non-hydrogen) atoms. The van der Waals surface area contributed by atoms with Crippen molar-refractivity contribution < 1.29 is 9.13 Å². The van der Waals surface area contributed by atoms with Crippen molar-refractivity contribution in [2.24, 2.45) is 0 Å². The number of hydrogen-bond acceptors (Lipinski definition) is 4. The topological polar surface area (TPSA) is 54.0 Å². The largest absolute Gasteiger partial charge is 0.369 e. The van der Waals surface area contributed by atoms with E-state index in [1.807, 2.05) is 30.5 Å². The molecule has 1 aliphatic rings. The van der Waals surface area contributed by atoms with E-state index in [4.69, 9.17) is 9.72 Å². The van der Waals surface area contributed by atoms with E-state index in [1.54, 1.807) is 12.1 Å². The molecule has 0 aliphatic carbocycles. The summed E-state index contributed by atoms with van der Waals surface area (Å²) in [6.07, 6.45) is 2.31. The summed E-state index contributed by atoms with van der Waals surface area (Å²) in [7, 11) is 0. The van der Waals surface area contributed by atoms with Gasteiger partial charge in [-0.25, -0.2) is 4.39 Å². The van der Waals surface area contributed by atoms with Gasteiger partial charge < -0.3 is 4.74 Å². The highest BCUT2D eigenvalue weighted by Crippen LogP contribution is 2.27. The molecule has 3 aromatic rings. The first kappa shape index (κ1) is 20.7. The van der Waals surface area contributed by atoms with Crippen LogP contribution in [0, 0.1) is 5.82 Å². The van der Waals surface area contributed by atoms with Crippen LogP contribution >= 0.6 is 0 Å². The zero-order chi connectivity index (χ0) is 21.1. The van der Waals surface area contributed by atoms with Crippen molar-refractivity contribution in [1.82, 2.24) is 20.1 Å². The van der Waals surface area contributed by atoms with Crippen molar-refractivity contribution in [3.05, 3.63) is 82.7 Å². The standard InChI is InChI=1S/C24H29FN4O/c1-24(2,3)23-18(14-26-28-23)15-29-11-12-30-22(16-29)21-10-6-8-19(27-21)13-17-7-4-5-9-20(17)25/h4-10,14,22H,11-13,15-16H2,1-3H3,(H,26,28)/t22-/m0/s1. The van der Waals surface area contributed by atoms with E-state index in [9.17, 15) is 4.39 Å². The van der Waals surface area contributed by atoms with Gasteiger partial charge in [-0.15, -0.1) is 0 Å². The molecule has 0 radical (unpaired) electrons. The molecule has 1 saturated heterocycles. The molecule has 0 spiro atoms. The minimum Gasteiger partial charge on any atom is -0.369 e. The molecule has 158 valence electrons. The number of rotatable bonds is 5. The smallest absolute Gasteiger partial charge is 0.126 e. The minimum atomic E-state index is -0.195. The molecular formula is C24H29FN4O. The van der Waals surface area contributed by atoms with Gasteiger partial charge in [-0.05, 0) is 23.8 Å². The molecule has 1 atom stereocenters. The highest BCUT2D eigenvalue weighted by molar-refractivity contribution is 5.25. The zero-order valence-electron chi connectivity index (χ0n) is 17.9. The molecule has 2 aromatic heterocycles. The van der Waals surface area contributed by atoms with Gasteiger partial charge in [0.1, 0.15) is 11.9 Å². The Bertz CT molecular complexity index is 995. The summed E-state index contributed by atoms with van der Waals surface area (Å²) < 4.78 is 20.0. The van der Waals surface area contributed by atoms with Crippen LogP contribution in [0.3, 0.4) is 0 Å². The number of nitrogens with one attached hydrogen (secondary N) is 1. The van der Waals surface area contributed by atoms with Crippen LogP contribution in [-0.2, 0) is 23.1 Å². The number of H-pyrrole nitrogens is 1. The fourth-order valence-electron chi connectivity index (χ4n) is 3.96. The average Bonchev–Trinajstić information content (AvgIpc) is 3.19. The second kappa shape index (κ2) is 8.66. The third-order valence-corrected chi connectivity index (χ3v) is 5.50. The predicted octanol–water partition coefficient (Wildman–Crippen LogP) is 4.41. The molecule has 6 heteroatoms. The summed E-state index contributed by atoms with van der Waals surface area (Å²) in [6, 6.07) is 12.8. The average molecular weight is 409 g/mol. The number of morpholine rings is 1. The van der Waals surface area contributed by atoms with Gasteiger partial charge in [0.25, 0.3) is 0 Å². The van der Waals surface area contributed by atoms with Crippen molar-refractivity contribution in [2.45, 2.75) is 45.3 Å². The van der Waals surface area contributed by atoms with Gasteiger partial charge in [0.05, 0.1) is 18.5 Å². The molecule has 0 bridgehead atoms. The second-order valence-electron chi connectivity index (χ2n) is 8.94. The van der Waals surface area contributed by atoms with Crippen molar-refractivity contribution >= 4 is 0 Å². The van der Waals surface area contributed by atoms with E-state index in [2.05, 4.69) is 35.9 Å². The van der Waals surface area contributed by atoms with E-state index in [0.717, 1.165) is 31.0 Å². The number of halogens is 1. The van der Waals surface area contributed by atoms with Crippen LogP contribution in [0.5, 0.6) is 0 Å². The molecule has 1 N–H and O–H groups in total. The normalized spacial score (nSPS) is 17.9. The third-order valence-electron chi connectivity index (χ3n) is 5.50. The van der Waals surface area contributed by atoms with E-state index in [-0.39, 0.29) is 17.3 Å². The zero-order valence-corrected chi connectivity index (χ0v) is 17.9. The Morgan fingerprint density at radius 2 is 1.97 bits per heavy atom. The summed E-state index contributed by atoms with van der Waals surface area (Å²) in [5.41, 5.74) is 4.84. The molecule has 0 saturated carbocycles. The first-order chi connectivity index (χ1) is 14.4. The molecule has 0 unspecified atom stereocenters. The van der Waals surface area contributed by atoms with Crippen molar-refractivity contribution in [3.63, 3.8) is 0 Å². The summed E-state index contributed by atoms with van der Waals surface area (Å²) >= 11 is 0. The van der Waals surface area contributed by atoms with Crippen molar-refractivity contribution in [1.29, 1.82) is 0 Å². The fourth-order valence-corrected chi connectivity index (χ4v) is 3.96. The van der Waals surface area contributed by atoms with E-state index >= 15 is 0 Å². The van der Waals surface area contributed by atoms with Crippen LogP contribution in [0.4, 0.5) is 4.39 Å². The van der Waals surface area contributed by atoms with Gasteiger partial charge in [-0.1, -0.05) is 45.0 Å². The summed E-state index contributed by atoms with van der Waals surface area (Å²) in [4.78, 5) is 7.17. The van der Waals surface area contributed by atoms with Crippen LogP contribution in [0.1, 0.15) is 55.1 Å². The SMILES string of the molecule is CC(C)(C)c1[nH]ncc1CN1CCO[C@H](c2cccc(Cc3ccccc3F)n2)C1. The maximum Gasteiger partial charge on any atom is 0.126 e. The van der Waals surface area contributed by atoms with E-state index in [0.29, 0.717) is 18.6 Å². The summed E-state index contributed by atoms with van der Waals surface area (Å²) in [6.45, 7) is 9.71. The molecule has 5 nitrogen and oxygen atoms in total. The lowest BCUT2D eigenvalue weighted by molar-refractivity contribution is -0.0351. The van der Waals surface area contributed by atoms with Gasteiger partial charge in [0, 0.05) is 48.4 Å². The number of aromatic nitrogens is 3. The number of ether oxygens (including phenoxy) is 1. The van der Waals surface area contributed by atoms with E-state index < -0.39 is 0 Å². The van der Waals surface area contributed by atoms with E-state index in [1.165, 1.54) is 17.3 Å². The lowest BCUT2D eigenvalue weighted by atomic mass is 9.89. The van der Waals surface area contributed by atoms with Crippen molar-refractivity contribution in [2.75, 3.05) is 19.7 Å². The quantitative estimate of drug-likeness (QED) is 0.680. The van der Waals surface area contributed by atoms with Crippen LogP contribution in [0.25, 0.3) is 0 Å². The molecule has 1 aromatic carbocycles. The Labute approximate surface area is 177 Å². The monoisotopic (exact) mass is 408 g/mol. The molecule has 1 aliphatic heterocycles. The molecular weight excluding hydrogens is 379 g/mol. The lowest BCUT2D eigenvalue weighted by Gasteiger charge is -2.33. The number of aromatic amines is 1. The van der Waals surface area contributed by atoms with Gasteiger partial charge in [-0.3, -0.25) is 15.0 Å². The third kappa shape index (κ3) is 4.77. The maximum absolute atomic E-state index is 14.0. The lowest BCUT2D eigenvalue weighted by Crippen LogP contribution is -2.38. The first-order valence-corrected chi connectivity index (χ1v) is 10.5. The van der Waals surface area contributed by atoms with Gasteiger partial charge in [0.15, 0.2) is 0 Å². The highest BCUT2D eigenvalue weighted by atomic mass is 19.1. The fraction of sp³-hybridized carbons (Fsp3) is 0.417. The summed E-state index contributed by atoms with van der Waals surface area (Å²) in [5.74, 6) is -0.195. The minimum absolute atomic E-state index is 0.0279. The Balaban J connectivity index is 1.46. The second-order valence-corrected chi connectivity index (χ2v) is 8.94. The Hall–Kier alpha value is -2.57. The maximum atomic E-state index is 14.0. The Morgan fingerprint density at radius 3 is 2.77 bits per heavy atom. The molecule has 0 amide bonds. The summed E-state index contributed by atoms with van der Waals surface area (Å²) in [5, 5.41) is 7.43. The van der Waals surface area contributed by atoms with Gasteiger partial charge >= 0.3 is 0 Å². The molecule has 1 fully saturated rings. The number of hydrogen-bond donors (Lipinski definition) is 1. The van der Waals surface area contributed by atoms with Crippen LogP contribution in [0.15, 0.2) is 48.7 Å². The highest BCUT2D eigenvalue weighted by Gasteiger charge is 2.26.